The molecule has 1 heterocycles. The molecular weight excluding hydrogens is 538 g/mol. The molecule has 0 aromatic heterocycles. The number of nitrogens with two attached hydrogens (primary N) is 1. The number of ether oxygens (including phenoxy) is 2. The number of nitrogens with zero attached hydrogens (tertiary/aromatic N) is 1. The van der Waals surface area contributed by atoms with Gasteiger partial charge < -0.3 is 30.7 Å². The van der Waals surface area contributed by atoms with Gasteiger partial charge in [-0.15, -0.1) is 0 Å². The highest BCUT2D eigenvalue weighted by molar-refractivity contribution is 6.06. The van der Waals surface area contributed by atoms with Crippen molar-refractivity contribution in [1.82, 2.24) is 10.2 Å². The third-order valence-corrected chi connectivity index (χ3v) is 6.54. The number of rotatable bonds is 7. The lowest BCUT2D eigenvalue weighted by molar-refractivity contribution is 0.0178. The highest BCUT2D eigenvalue weighted by Crippen LogP contribution is 2.30. The Kier molecular flexibility index (Phi) is 10.4. The van der Waals surface area contributed by atoms with Gasteiger partial charge in [0, 0.05) is 18.7 Å². The summed E-state index contributed by atoms with van der Waals surface area (Å²) >= 11 is 0. The van der Waals surface area contributed by atoms with Crippen molar-refractivity contribution in [1.29, 1.82) is 0 Å². The summed E-state index contributed by atoms with van der Waals surface area (Å²) in [5, 5.41) is 8.31. The molecule has 0 bridgehead atoms. The average Bonchev–Trinajstić information content (AvgIpc) is 2.87. The van der Waals surface area contributed by atoms with Gasteiger partial charge in [-0.05, 0) is 96.6 Å². The quantitative estimate of drug-likeness (QED) is 0.313. The largest absolute Gasteiger partial charge is 0.444 e. The van der Waals surface area contributed by atoms with Crippen LogP contribution in [-0.2, 0) is 9.47 Å². The second-order valence-corrected chi connectivity index (χ2v) is 12.5. The molecule has 0 aliphatic carbocycles. The second-order valence-electron chi connectivity index (χ2n) is 12.5. The van der Waals surface area contributed by atoms with Crippen LogP contribution in [0.3, 0.4) is 0 Å². The second kappa shape index (κ2) is 13.6. The molecule has 5 N–H and O–H groups in total. The van der Waals surface area contributed by atoms with Gasteiger partial charge in [0.05, 0.1) is 17.4 Å². The predicted octanol–water partition coefficient (Wildman–Crippen LogP) is 6.03. The van der Waals surface area contributed by atoms with Gasteiger partial charge in [0.2, 0.25) is 0 Å². The molecular formula is C31H43N5O6. The Morgan fingerprint density at radius 3 is 1.93 bits per heavy atom. The number of anilines is 2. The summed E-state index contributed by atoms with van der Waals surface area (Å²) in [6.07, 6.45) is 1.24. The number of urea groups is 1. The molecule has 1 fully saturated rings. The van der Waals surface area contributed by atoms with Crippen molar-refractivity contribution >= 4 is 35.5 Å². The van der Waals surface area contributed by atoms with E-state index in [1.807, 2.05) is 20.8 Å². The first-order chi connectivity index (χ1) is 19.6. The summed E-state index contributed by atoms with van der Waals surface area (Å²) in [6.45, 7) is 12.0. The minimum atomic E-state index is -0.664. The van der Waals surface area contributed by atoms with Crippen LogP contribution in [0.4, 0.5) is 25.8 Å². The number of nitrogens with one attached hydrogen (secondary N) is 3. The Hall–Kier alpha value is -4.28. The average molecular weight is 582 g/mol. The van der Waals surface area contributed by atoms with E-state index in [2.05, 4.69) is 16.0 Å². The van der Waals surface area contributed by atoms with Gasteiger partial charge in [0.25, 0.3) is 5.91 Å². The van der Waals surface area contributed by atoms with Crippen molar-refractivity contribution < 1.29 is 28.7 Å². The summed E-state index contributed by atoms with van der Waals surface area (Å²) < 4.78 is 10.8. The van der Waals surface area contributed by atoms with Crippen LogP contribution in [0, 0.1) is 5.92 Å². The maximum Gasteiger partial charge on any atom is 0.412 e. The van der Waals surface area contributed by atoms with Crippen molar-refractivity contribution in [2.75, 3.05) is 23.7 Å². The van der Waals surface area contributed by atoms with Gasteiger partial charge in [-0.2, -0.15) is 0 Å². The van der Waals surface area contributed by atoms with E-state index >= 15 is 0 Å². The third-order valence-electron chi connectivity index (χ3n) is 6.54. The fourth-order valence-electron chi connectivity index (χ4n) is 4.64. The summed E-state index contributed by atoms with van der Waals surface area (Å²) in [6, 6.07) is 12.8. The van der Waals surface area contributed by atoms with E-state index in [9.17, 15) is 19.2 Å². The molecule has 228 valence electrons. The molecule has 1 aliphatic rings. The molecule has 0 spiro atoms. The lowest BCUT2D eigenvalue weighted by atomic mass is 9.87. The number of hydrogen-bond donors (Lipinski definition) is 4. The molecule has 5 amide bonds. The Labute approximate surface area is 247 Å². The van der Waals surface area contributed by atoms with Crippen molar-refractivity contribution in [3.05, 3.63) is 59.7 Å². The van der Waals surface area contributed by atoms with E-state index in [4.69, 9.17) is 15.2 Å². The molecule has 1 atom stereocenters. The van der Waals surface area contributed by atoms with Gasteiger partial charge in [-0.25, -0.2) is 14.4 Å². The van der Waals surface area contributed by atoms with Crippen LogP contribution < -0.4 is 21.7 Å². The molecule has 2 aromatic rings. The molecule has 1 saturated heterocycles. The van der Waals surface area contributed by atoms with Crippen molar-refractivity contribution in [2.24, 2.45) is 11.7 Å². The SMILES string of the molecule is CC(C)(C)OC(=O)Nc1ccccc1NC(=O)c1ccc(C(CC2CCN(C(=O)OC(C)(C)C)CC2)NC(N)=O)cc1. The number of carbonyl (C=O) groups is 4. The zero-order valence-electron chi connectivity index (χ0n) is 25.3. The van der Waals surface area contributed by atoms with E-state index in [1.54, 1.807) is 74.2 Å². The minimum Gasteiger partial charge on any atom is -0.444 e. The molecule has 2 aromatic carbocycles. The smallest absolute Gasteiger partial charge is 0.412 e. The zero-order valence-corrected chi connectivity index (χ0v) is 25.3. The van der Waals surface area contributed by atoms with Crippen molar-refractivity contribution in [3.8, 4) is 0 Å². The highest BCUT2D eigenvalue weighted by Gasteiger charge is 2.29. The van der Waals surface area contributed by atoms with Gasteiger partial charge in [0.1, 0.15) is 11.2 Å². The van der Waals surface area contributed by atoms with Crippen LogP contribution in [0.15, 0.2) is 48.5 Å². The summed E-state index contributed by atoms with van der Waals surface area (Å²) in [7, 11) is 0. The first-order valence-corrected chi connectivity index (χ1v) is 14.1. The standard InChI is InChI=1S/C31H43N5O6/c1-30(2,3)41-28(39)35-24-10-8-7-9-23(24)33-26(37)22-13-11-21(12-14-22)25(34-27(32)38)19-20-15-17-36(18-16-20)29(40)42-31(4,5)6/h7-14,20,25H,15-19H2,1-6H3,(H,33,37)(H,35,39)(H3,32,34,38). The maximum atomic E-state index is 13.0. The molecule has 0 saturated carbocycles. The molecule has 1 unspecified atom stereocenters. The monoisotopic (exact) mass is 581 g/mol. The highest BCUT2D eigenvalue weighted by atomic mass is 16.6. The van der Waals surface area contributed by atoms with Crippen LogP contribution in [0.5, 0.6) is 0 Å². The number of hydrogen-bond acceptors (Lipinski definition) is 6. The van der Waals surface area contributed by atoms with E-state index in [1.165, 1.54) is 0 Å². The first kappa shape index (κ1) is 32.2. The van der Waals surface area contributed by atoms with E-state index in [0.717, 1.165) is 18.4 Å². The normalized spacial score (nSPS) is 14.9. The lowest BCUT2D eigenvalue weighted by Crippen LogP contribution is -2.42. The zero-order chi connectivity index (χ0) is 31.1. The number of piperidine rings is 1. The first-order valence-electron chi connectivity index (χ1n) is 14.1. The minimum absolute atomic E-state index is 0.262. The Morgan fingerprint density at radius 1 is 0.857 bits per heavy atom. The van der Waals surface area contributed by atoms with E-state index in [0.29, 0.717) is 36.4 Å². The van der Waals surface area contributed by atoms with Crippen LogP contribution in [-0.4, -0.2) is 53.3 Å². The fourth-order valence-corrected chi connectivity index (χ4v) is 4.64. The predicted molar refractivity (Wildman–Crippen MR) is 161 cm³/mol. The van der Waals surface area contributed by atoms with Crippen LogP contribution in [0.1, 0.15) is 82.8 Å². The van der Waals surface area contributed by atoms with Crippen LogP contribution in [0.25, 0.3) is 0 Å². The number of primary amides is 1. The Morgan fingerprint density at radius 2 is 1.40 bits per heavy atom. The van der Waals surface area contributed by atoms with E-state index in [-0.39, 0.29) is 24.0 Å². The molecule has 42 heavy (non-hydrogen) atoms. The fraction of sp³-hybridized carbons (Fsp3) is 0.484. The third kappa shape index (κ3) is 10.3. The van der Waals surface area contributed by atoms with Gasteiger partial charge in [-0.1, -0.05) is 24.3 Å². The molecule has 3 rings (SSSR count). The number of likely N-dealkylation sites (tertiary alicyclic amines) is 1. The maximum absolute atomic E-state index is 13.0. The number of amides is 5. The van der Waals surface area contributed by atoms with Crippen molar-refractivity contribution in [2.45, 2.75) is 78.0 Å². The Balaban J connectivity index is 1.63. The van der Waals surface area contributed by atoms with Crippen LogP contribution >= 0.6 is 0 Å². The lowest BCUT2D eigenvalue weighted by Gasteiger charge is -2.34. The van der Waals surface area contributed by atoms with Crippen molar-refractivity contribution in [3.63, 3.8) is 0 Å². The number of para-hydroxylation sites is 2. The molecule has 0 radical (unpaired) electrons. The van der Waals surface area contributed by atoms with E-state index < -0.39 is 23.3 Å². The van der Waals surface area contributed by atoms with Gasteiger partial charge >= 0.3 is 18.2 Å². The molecule has 11 heteroatoms. The van der Waals surface area contributed by atoms with Gasteiger partial charge in [0.15, 0.2) is 0 Å². The molecule has 11 nitrogen and oxygen atoms in total. The molecule has 1 aliphatic heterocycles. The summed E-state index contributed by atoms with van der Waals surface area (Å²) in [4.78, 5) is 51.2. The van der Waals surface area contributed by atoms with Crippen LogP contribution in [0.2, 0.25) is 0 Å². The summed E-state index contributed by atoms with van der Waals surface area (Å²) in [5.41, 5.74) is 6.30. The van der Waals surface area contributed by atoms with Gasteiger partial charge in [-0.3, -0.25) is 10.1 Å². The number of carbonyl (C=O) groups excluding carboxylic acids is 4. The topological polar surface area (TPSA) is 152 Å². The summed E-state index contributed by atoms with van der Waals surface area (Å²) in [5.74, 6) is -0.105. The Bertz CT molecular complexity index is 1260. The number of benzene rings is 2.